The molecule has 0 spiro atoms. The lowest BCUT2D eigenvalue weighted by atomic mass is 9.84. The first-order valence-corrected chi connectivity index (χ1v) is 10.8. The van der Waals surface area contributed by atoms with Crippen LogP contribution < -0.4 is 4.74 Å². The molecule has 1 aliphatic rings. The number of aromatic hydroxyl groups is 6. The molecule has 1 aliphatic heterocycles. The van der Waals surface area contributed by atoms with E-state index in [2.05, 4.69) is 0 Å². The third-order valence-corrected chi connectivity index (χ3v) is 5.98. The van der Waals surface area contributed by atoms with E-state index in [0.717, 1.165) is 5.56 Å². The largest absolute Gasteiger partial charge is 0.508 e. The summed E-state index contributed by atoms with van der Waals surface area (Å²) in [6.07, 6.45) is 2.80. The molecule has 0 aliphatic carbocycles. The third-order valence-electron chi connectivity index (χ3n) is 5.98. The number of hydrogen-bond acceptors (Lipinski definition) is 7. The van der Waals surface area contributed by atoms with Gasteiger partial charge < -0.3 is 35.4 Å². The molecule has 7 heteroatoms. The van der Waals surface area contributed by atoms with Crippen molar-refractivity contribution in [3.63, 3.8) is 0 Å². The second kappa shape index (κ2) is 8.53. The smallest absolute Gasteiger partial charge is 0.138 e. The van der Waals surface area contributed by atoms with Crippen LogP contribution in [0.15, 0.2) is 72.8 Å². The van der Waals surface area contributed by atoms with E-state index < -0.39 is 12.0 Å². The molecular weight excluding hydrogens is 448 g/mol. The highest BCUT2D eigenvalue weighted by atomic mass is 16.5. The van der Waals surface area contributed by atoms with Crippen molar-refractivity contribution < 1.29 is 35.4 Å². The van der Waals surface area contributed by atoms with Gasteiger partial charge in [0.25, 0.3) is 0 Å². The van der Waals surface area contributed by atoms with Gasteiger partial charge in [0.15, 0.2) is 0 Å². The van der Waals surface area contributed by atoms with Crippen LogP contribution in [-0.2, 0) is 0 Å². The summed E-state index contributed by atoms with van der Waals surface area (Å²) >= 11 is 0. The molecule has 35 heavy (non-hydrogen) atoms. The summed E-state index contributed by atoms with van der Waals surface area (Å²) in [4.78, 5) is 0. The molecule has 0 unspecified atom stereocenters. The fourth-order valence-electron chi connectivity index (χ4n) is 4.43. The Morgan fingerprint density at radius 1 is 0.571 bits per heavy atom. The summed E-state index contributed by atoms with van der Waals surface area (Å²) in [5, 5.41) is 60.9. The van der Waals surface area contributed by atoms with Gasteiger partial charge in [-0.2, -0.15) is 0 Å². The molecule has 1 heterocycles. The van der Waals surface area contributed by atoms with Crippen LogP contribution in [0.1, 0.15) is 39.8 Å². The number of phenolic OH excluding ortho intramolecular Hbond substituents is 6. The summed E-state index contributed by atoms with van der Waals surface area (Å²) in [7, 11) is 0. The van der Waals surface area contributed by atoms with E-state index in [1.807, 2.05) is 6.08 Å². The highest BCUT2D eigenvalue weighted by Gasteiger charge is 2.40. The van der Waals surface area contributed by atoms with Crippen molar-refractivity contribution in [3.8, 4) is 40.2 Å². The molecule has 0 radical (unpaired) electrons. The van der Waals surface area contributed by atoms with Gasteiger partial charge in [-0.15, -0.1) is 0 Å². The monoisotopic (exact) mass is 470 g/mol. The van der Waals surface area contributed by atoms with Crippen LogP contribution in [0.5, 0.6) is 40.2 Å². The lowest BCUT2D eigenvalue weighted by molar-refractivity contribution is 0.217. The van der Waals surface area contributed by atoms with E-state index in [4.69, 9.17) is 4.74 Å². The number of phenols is 6. The fraction of sp³-hybridized carbons (Fsp3) is 0.0714. The third kappa shape index (κ3) is 4.27. The predicted molar refractivity (Wildman–Crippen MR) is 130 cm³/mol. The Bertz CT molecular complexity index is 1420. The van der Waals surface area contributed by atoms with E-state index >= 15 is 0 Å². The van der Waals surface area contributed by atoms with Crippen molar-refractivity contribution in [2.75, 3.05) is 0 Å². The first-order valence-electron chi connectivity index (χ1n) is 10.8. The predicted octanol–water partition coefficient (Wildman–Crippen LogP) is 5.36. The van der Waals surface area contributed by atoms with Crippen molar-refractivity contribution in [3.05, 3.63) is 101 Å². The molecular formula is C28H22O7. The van der Waals surface area contributed by atoms with Gasteiger partial charge in [-0.05, 0) is 65.2 Å². The van der Waals surface area contributed by atoms with Crippen molar-refractivity contribution >= 4 is 12.2 Å². The normalized spacial score (nSPS) is 16.8. The Kier molecular flexibility index (Phi) is 5.37. The Balaban J connectivity index is 1.61. The minimum Gasteiger partial charge on any atom is -0.508 e. The number of fused-ring (bicyclic) bond motifs is 1. The van der Waals surface area contributed by atoms with E-state index in [0.29, 0.717) is 28.0 Å². The lowest BCUT2D eigenvalue weighted by Gasteiger charge is -2.21. The van der Waals surface area contributed by atoms with Crippen molar-refractivity contribution in [1.29, 1.82) is 0 Å². The number of benzene rings is 4. The molecule has 0 amide bonds. The molecule has 0 saturated heterocycles. The first-order chi connectivity index (χ1) is 16.8. The Morgan fingerprint density at radius 3 is 1.91 bits per heavy atom. The number of hydrogen-bond donors (Lipinski definition) is 6. The summed E-state index contributed by atoms with van der Waals surface area (Å²) < 4.78 is 6.22. The van der Waals surface area contributed by atoms with E-state index in [9.17, 15) is 30.6 Å². The van der Waals surface area contributed by atoms with Gasteiger partial charge in [0.2, 0.25) is 0 Å². The Labute approximate surface area is 200 Å². The van der Waals surface area contributed by atoms with Crippen molar-refractivity contribution in [2.24, 2.45) is 0 Å². The maximum Gasteiger partial charge on any atom is 0.138 e. The average Bonchev–Trinajstić information content (AvgIpc) is 3.18. The zero-order chi connectivity index (χ0) is 24.7. The van der Waals surface area contributed by atoms with Gasteiger partial charge in [-0.3, -0.25) is 0 Å². The molecule has 0 aromatic heterocycles. The zero-order valence-electron chi connectivity index (χ0n) is 18.3. The summed E-state index contributed by atoms with van der Waals surface area (Å²) in [5.74, 6) is -0.805. The van der Waals surface area contributed by atoms with E-state index in [1.54, 1.807) is 42.5 Å². The fourth-order valence-corrected chi connectivity index (χ4v) is 4.43. The molecule has 0 fully saturated rings. The maximum atomic E-state index is 11.0. The van der Waals surface area contributed by atoms with Crippen LogP contribution in [0.25, 0.3) is 12.2 Å². The zero-order valence-corrected chi connectivity index (χ0v) is 18.3. The average molecular weight is 470 g/mol. The maximum absolute atomic E-state index is 11.0. The van der Waals surface area contributed by atoms with Gasteiger partial charge in [-0.1, -0.05) is 24.3 Å². The second-order valence-electron chi connectivity index (χ2n) is 8.42. The number of ether oxygens (including phenoxy) is 1. The van der Waals surface area contributed by atoms with Gasteiger partial charge in [0.1, 0.15) is 46.4 Å². The molecule has 4 aromatic rings. The molecule has 0 bridgehead atoms. The molecule has 7 nitrogen and oxygen atoms in total. The van der Waals surface area contributed by atoms with Gasteiger partial charge in [0, 0.05) is 23.3 Å². The summed E-state index contributed by atoms with van der Waals surface area (Å²) in [6.45, 7) is 0. The van der Waals surface area contributed by atoms with Crippen LogP contribution in [0.2, 0.25) is 0 Å². The van der Waals surface area contributed by atoms with E-state index in [1.165, 1.54) is 36.4 Å². The molecule has 6 N–H and O–H groups in total. The quantitative estimate of drug-likeness (QED) is 0.222. The van der Waals surface area contributed by atoms with Crippen molar-refractivity contribution in [2.45, 2.75) is 12.0 Å². The van der Waals surface area contributed by atoms with Crippen LogP contribution in [-0.4, -0.2) is 30.6 Å². The minimum absolute atomic E-state index is 0.0542. The van der Waals surface area contributed by atoms with Crippen LogP contribution >= 0.6 is 0 Å². The highest BCUT2D eigenvalue weighted by Crippen LogP contribution is 2.55. The van der Waals surface area contributed by atoms with E-state index in [-0.39, 0.29) is 34.5 Å². The molecule has 4 aromatic carbocycles. The molecule has 5 rings (SSSR count). The summed E-state index contributed by atoms with van der Waals surface area (Å²) in [5.41, 5.74) is 2.79. The Morgan fingerprint density at radius 2 is 1.23 bits per heavy atom. The van der Waals surface area contributed by atoms with Gasteiger partial charge in [-0.25, -0.2) is 0 Å². The standard InChI is InChI=1S/C28H22O7/c29-18-5-3-15(4-6-18)1-2-16-9-24(34)27-25(10-16)35-28(22-8-7-19(30)14-23(22)33)26(27)17-11-20(31)13-21(32)12-17/h1-14,26,28-34H/b2-1+/t26-,28-/m0/s1. The first kappa shape index (κ1) is 22.0. The van der Waals surface area contributed by atoms with Gasteiger partial charge >= 0.3 is 0 Å². The number of rotatable bonds is 4. The minimum atomic E-state index is -0.811. The Hall–Kier alpha value is -4.78. The van der Waals surface area contributed by atoms with Crippen molar-refractivity contribution in [1.82, 2.24) is 0 Å². The molecule has 176 valence electrons. The topological polar surface area (TPSA) is 131 Å². The van der Waals surface area contributed by atoms with Gasteiger partial charge in [0.05, 0.1) is 5.92 Å². The highest BCUT2D eigenvalue weighted by molar-refractivity contribution is 5.73. The van der Waals surface area contributed by atoms with Crippen LogP contribution in [0, 0.1) is 0 Å². The summed E-state index contributed by atoms with van der Waals surface area (Å²) in [6, 6.07) is 18.3. The van der Waals surface area contributed by atoms with Crippen LogP contribution in [0.4, 0.5) is 0 Å². The van der Waals surface area contributed by atoms with Crippen LogP contribution in [0.3, 0.4) is 0 Å². The SMILES string of the molecule is Oc1ccc(/C=C/c2cc(O)c3c(c2)O[C@@H](c2ccc(O)cc2O)[C@H]3c2cc(O)cc(O)c2)cc1. The second-order valence-corrected chi connectivity index (χ2v) is 8.42. The molecule has 0 saturated carbocycles. The molecule has 2 atom stereocenters. The lowest BCUT2D eigenvalue weighted by Crippen LogP contribution is -2.11.